The predicted molar refractivity (Wildman–Crippen MR) is 57.4 cm³/mol. The summed E-state index contributed by atoms with van der Waals surface area (Å²) in [7, 11) is 1.92. The fourth-order valence-corrected chi connectivity index (χ4v) is 1.34. The van der Waals surface area contributed by atoms with Crippen LogP contribution < -0.4 is 0 Å². The lowest BCUT2D eigenvalue weighted by atomic mass is 10.2. The van der Waals surface area contributed by atoms with Crippen molar-refractivity contribution in [2.75, 3.05) is 7.05 Å². The van der Waals surface area contributed by atoms with E-state index in [0.29, 0.717) is 0 Å². The van der Waals surface area contributed by atoms with E-state index in [4.69, 9.17) is 5.11 Å². The molecule has 0 fully saturated rings. The smallest absolute Gasteiger partial charge is 0.304 e. The van der Waals surface area contributed by atoms with E-state index in [1.54, 1.807) is 12.4 Å². The Bertz CT molecular complexity index is 314. The topological polar surface area (TPSA) is 53.4 Å². The molecule has 4 heteroatoms. The van der Waals surface area contributed by atoms with Crippen LogP contribution in [0.4, 0.5) is 0 Å². The zero-order valence-electron chi connectivity index (χ0n) is 9.05. The Hall–Kier alpha value is -1.42. The second-order valence-electron chi connectivity index (χ2n) is 3.72. The number of carbonyl (C=O) groups is 1. The zero-order chi connectivity index (χ0) is 11.3. The second-order valence-corrected chi connectivity index (χ2v) is 3.72. The molecule has 1 unspecified atom stereocenters. The number of nitrogens with zero attached hydrogens (tertiary/aromatic N) is 2. The van der Waals surface area contributed by atoms with Crippen LogP contribution in [0.25, 0.3) is 0 Å². The van der Waals surface area contributed by atoms with Gasteiger partial charge >= 0.3 is 5.97 Å². The van der Waals surface area contributed by atoms with Crippen LogP contribution >= 0.6 is 0 Å². The number of rotatable bonds is 5. The lowest BCUT2D eigenvalue weighted by Crippen LogP contribution is -2.30. The third-order valence-corrected chi connectivity index (χ3v) is 2.40. The van der Waals surface area contributed by atoms with Gasteiger partial charge in [-0.05, 0) is 31.7 Å². The highest BCUT2D eigenvalue weighted by Crippen LogP contribution is 2.07. The molecule has 82 valence electrons. The van der Waals surface area contributed by atoms with Crippen molar-refractivity contribution in [2.45, 2.75) is 25.9 Å². The van der Waals surface area contributed by atoms with E-state index in [-0.39, 0.29) is 12.5 Å². The highest BCUT2D eigenvalue weighted by molar-refractivity contribution is 5.67. The maximum atomic E-state index is 10.5. The first-order chi connectivity index (χ1) is 7.09. The van der Waals surface area contributed by atoms with Crippen molar-refractivity contribution < 1.29 is 9.90 Å². The zero-order valence-corrected chi connectivity index (χ0v) is 9.05. The maximum Gasteiger partial charge on any atom is 0.304 e. The molecule has 0 saturated heterocycles. The summed E-state index contributed by atoms with van der Waals surface area (Å²) >= 11 is 0. The normalized spacial score (nSPS) is 12.7. The number of aliphatic carboxylic acids is 1. The number of pyridine rings is 1. The van der Waals surface area contributed by atoms with E-state index in [1.165, 1.54) is 0 Å². The fourth-order valence-electron chi connectivity index (χ4n) is 1.34. The molecule has 1 rings (SSSR count). The standard InChI is InChI=1S/C11H16N2O2/c1-9(7-11(14)15)13(2)8-10-3-5-12-6-4-10/h3-6,9H,7-8H2,1-2H3,(H,14,15). The first-order valence-corrected chi connectivity index (χ1v) is 4.90. The van der Waals surface area contributed by atoms with E-state index in [1.807, 2.05) is 31.0 Å². The van der Waals surface area contributed by atoms with Crippen molar-refractivity contribution in [1.82, 2.24) is 9.88 Å². The van der Waals surface area contributed by atoms with Gasteiger partial charge in [0.1, 0.15) is 0 Å². The molecule has 0 aromatic carbocycles. The monoisotopic (exact) mass is 208 g/mol. The minimum Gasteiger partial charge on any atom is -0.481 e. The van der Waals surface area contributed by atoms with Crippen LogP contribution in [0, 0.1) is 0 Å². The van der Waals surface area contributed by atoms with Crippen molar-refractivity contribution in [3.05, 3.63) is 30.1 Å². The van der Waals surface area contributed by atoms with Gasteiger partial charge in [0.2, 0.25) is 0 Å². The van der Waals surface area contributed by atoms with Crippen molar-refractivity contribution in [2.24, 2.45) is 0 Å². The van der Waals surface area contributed by atoms with Crippen LogP contribution in [-0.2, 0) is 11.3 Å². The average molecular weight is 208 g/mol. The summed E-state index contributed by atoms with van der Waals surface area (Å²) in [6, 6.07) is 3.91. The molecule has 0 amide bonds. The first kappa shape index (κ1) is 11.7. The lowest BCUT2D eigenvalue weighted by Gasteiger charge is -2.23. The van der Waals surface area contributed by atoms with Crippen molar-refractivity contribution in [3.63, 3.8) is 0 Å². The van der Waals surface area contributed by atoms with Gasteiger partial charge in [-0.2, -0.15) is 0 Å². The lowest BCUT2D eigenvalue weighted by molar-refractivity contribution is -0.138. The highest BCUT2D eigenvalue weighted by atomic mass is 16.4. The number of carboxylic acids is 1. The van der Waals surface area contributed by atoms with E-state index < -0.39 is 5.97 Å². The van der Waals surface area contributed by atoms with Gasteiger partial charge in [0.15, 0.2) is 0 Å². The molecular weight excluding hydrogens is 192 g/mol. The fraction of sp³-hybridized carbons (Fsp3) is 0.455. The number of hydrogen-bond acceptors (Lipinski definition) is 3. The van der Waals surface area contributed by atoms with Gasteiger partial charge in [-0.15, -0.1) is 0 Å². The van der Waals surface area contributed by atoms with Gasteiger partial charge < -0.3 is 5.11 Å². The molecule has 0 spiro atoms. The molecule has 0 aliphatic heterocycles. The predicted octanol–water partition coefficient (Wildman–Crippen LogP) is 1.38. The minimum absolute atomic E-state index is 0.0377. The molecule has 1 atom stereocenters. The van der Waals surface area contributed by atoms with Crippen LogP contribution in [-0.4, -0.2) is 34.0 Å². The summed E-state index contributed by atoms with van der Waals surface area (Å²) in [5.74, 6) is -0.760. The largest absolute Gasteiger partial charge is 0.481 e. The van der Waals surface area contributed by atoms with Crippen molar-refractivity contribution in [1.29, 1.82) is 0 Å². The van der Waals surface area contributed by atoms with Gasteiger partial charge in [0, 0.05) is 25.0 Å². The molecule has 1 aromatic heterocycles. The molecule has 4 nitrogen and oxygen atoms in total. The van der Waals surface area contributed by atoms with E-state index in [0.717, 1.165) is 12.1 Å². The van der Waals surface area contributed by atoms with Crippen LogP contribution in [0.15, 0.2) is 24.5 Å². The van der Waals surface area contributed by atoms with Gasteiger partial charge in [-0.3, -0.25) is 14.7 Å². The Morgan fingerprint density at radius 3 is 2.67 bits per heavy atom. The summed E-state index contributed by atoms with van der Waals surface area (Å²) in [5, 5.41) is 8.66. The molecular formula is C11H16N2O2. The SMILES string of the molecule is CC(CC(=O)O)N(C)Cc1ccncc1. The van der Waals surface area contributed by atoms with Crippen LogP contribution in [0.5, 0.6) is 0 Å². The van der Waals surface area contributed by atoms with E-state index in [9.17, 15) is 4.79 Å². The highest BCUT2D eigenvalue weighted by Gasteiger charge is 2.12. The molecule has 0 aliphatic rings. The summed E-state index contributed by atoms with van der Waals surface area (Å²) in [6.45, 7) is 2.66. The molecule has 0 aliphatic carbocycles. The Kier molecular flexibility index (Phi) is 4.24. The minimum atomic E-state index is -0.760. The van der Waals surface area contributed by atoms with Gasteiger partial charge in [-0.25, -0.2) is 0 Å². The maximum absolute atomic E-state index is 10.5. The van der Waals surface area contributed by atoms with Crippen molar-refractivity contribution >= 4 is 5.97 Å². The molecule has 0 bridgehead atoms. The average Bonchev–Trinajstić information content (AvgIpc) is 2.18. The van der Waals surface area contributed by atoms with Crippen LogP contribution in [0.3, 0.4) is 0 Å². The summed E-state index contributed by atoms with van der Waals surface area (Å²) in [5.41, 5.74) is 1.14. The molecule has 15 heavy (non-hydrogen) atoms. The molecule has 1 heterocycles. The van der Waals surface area contributed by atoms with E-state index >= 15 is 0 Å². The number of carboxylic acid groups (broad SMARTS) is 1. The number of hydrogen-bond donors (Lipinski definition) is 1. The molecule has 1 N–H and O–H groups in total. The Morgan fingerprint density at radius 1 is 1.53 bits per heavy atom. The van der Waals surface area contributed by atoms with Gasteiger partial charge in [0.25, 0.3) is 0 Å². The van der Waals surface area contributed by atoms with Crippen LogP contribution in [0.2, 0.25) is 0 Å². The Labute approximate surface area is 89.6 Å². The van der Waals surface area contributed by atoms with Gasteiger partial charge in [0.05, 0.1) is 6.42 Å². The summed E-state index contributed by atoms with van der Waals surface area (Å²) < 4.78 is 0. The van der Waals surface area contributed by atoms with Gasteiger partial charge in [-0.1, -0.05) is 0 Å². The molecule has 0 radical (unpaired) electrons. The van der Waals surface area contributed by atoms with E-state index in [2.05, 4.69) is 4.98 Å². The number of aromatic nitrogens is 1. The summed E-state index contributed by atoms with van der Waals surface area (Å²) in [6.07, 6.45) is 3.65. The third-order valence-electron chi connectivity index (χ3n) is 2.40. The van der Waals surface area contributed by atoms with Crippen LogP contribution in [0.1, 0.15) is 18.9 Å². The van der Waals surface area contributed by atoms with Crippen molar-refractivity contribution in [3.8, 4) is 0 Å². The third kappa shape index (κ3) is 4.08. The quantitative estimate of drug-likeness (QED) is 0.794. The Morgan fingerprint density at radius 2 is 2.13 bits per heavy atom. The molecule has 0 saturated carbocycles. The first-order valence-electron chi connectivity index (χ1n) is 4.90. The second kappa shape index (κ2) is 5.46. The summed E-state index contributed by atoms with van der Waals surface area (Å²) in [4.78, 5) is 16.5. The molecule has 1 aromatic rings. The Balaban J connectivity index is 2.48.